The van der Waals surface area contributed by atoms with Gasteiger partial charge in [-0.1, -0.05) is 32.1 Å². The van der Waals surface area contributed by atoms with Crippen LogP contribution in [0.1, 0.15) is 45.4 Å². The fourth-order valence-electron chi connectivity index (χ4n) is 3.40. The number of phenols is 2. The molecule has 1 aromatic rings. The van der Waals surface area contributed by atoms with Crippen molar-refractivity contribution in [3.63, 3.8) is 0 Å². The summed E-state index contributed by atoms with van der Waals surface area (Å²) in [7, 11) is 1.26. The fraction of sp³-hybridized carbons (Fsp3) is 0.579. The molecule has 1 aliphatic rings. The molecule has 0 aromatic heterocycles. The maximum Gasteiger partial charge on any atom is 0.328 e. The third-order valence-electron chi connectivity index (χ3n) is 4.94. The number of benzene rings is 1. The molecule has 0 aliphatic heterocycles. The monoisotopic (exact) mass is 400 g/mol. The number of hydrogen-bond acceptors (Lipinski definition) is 5. The van der Waals surface area contributed by atoms with Crippen LogP contribution < -0.4 is 10.2 Å². The number of rotatable bonds is 6. The quantitative estimate of drug-likeness (QED) is 0.500. The van der Waals surface area contributed by atoms with Gasteiger partial charge in [0.1, 0.15) is 6.04 Å². The van der Waals surface area contributed by atoms with E-state index in [1.54, 1.807) is 6.92 Å². The largest absolute Gasteiger partial charge is 0.504 e. The van der Waals surface area contributed by atoms with E-state index in [0.717, 1.165) is 6.42 Å². The second-order valence-corrected chi connectivity index (χ2v) is 6.77. The van der Waals surface area contributed by atoms with Gasteiger partial charge >= 0.3 is 12.0 Å². The molecule has 0 spiro atoms. The molecule has 7 nitrogen and oxygen atoms in total. The van der Waals surface area contributed by atoms with Gasteiger partial charge in [0.15, 0.2) is 11.5 Å². The summed E-state index contributed by atoms with van der Waals surface area (Å²) in [4.78, 5) is 25.9. The predicted octanol–water partition coefficient (Wildman–Crippen LogP) is 3.57. The Hall–Kier alpha value is -2.15. The highest BCUT2D eigenvalue weighted by Gasteiger charge is 2.29. The minimum Gasteiger partial charge on any atom is -0.504 e. The molecule has 1 saturated carbocycles. The van der Waals surface area contributed by atoms with E-state index in [4.69, 9.17) is 4.74 Å². The first-order valence-electron chi connectivity index (χ1n) is 9.11. The number of carbonyl (C=O) groups is 2. The summed E-state index contributed by atoms with van der Waals surface area (Å²) in [5.41, 5.74) is 0.299. The van der Waals surface area contributed by atoms with Crippen molar-refractivity contribution in [2.75, 3.05) is 18.6 Å². The van der Waals surface area contributed by atoms with E-state index in [0.29, 0.717) is 18.2 Å². The number of halogens is 1. The summed E-state index contributed by atoms with van der Waals surface area (Å²) in [6.07, 6.45) is 7.09. The predicted molar refractivity (Wildman–Crippen MR) is 106 cm³/mol. The Labute approximate surface area is 166 Å². The number of hydrogen-bond donors (Lipinski definition) is 3. The highest BCUT2D eigenvalue weighted by atomic mass is 35.5. The Balaban J connectivity index is 0.00000364. The molecule has 0 bridgehead atoms. The van der Waals surface area contributed by atoms with Gasteiger partial charge in [0.05, 0.1) is 12.8 Å². The molecule has 0 radical (unpaired) electrons. The van der Waals surface area contributed by atoms with E-state index < -0.39 is 18.0 Å². The molecule has 8 heteroatoms. The van der Waals surface area contributed by atoms with Crippen LogP contribution in [0.25, 0.3) is 0 Å². The molecule has 0 heterocycles. The van der Waals surface area contributed by atoms with Crippen molar-refractivity contribution in [2.45, 2.75) is 51.5 Å². The number of amides is 2. The smallest absolute Gasteiger partial charge is 0.328 e. The Morgan fingerprint density at radius 1 is 1.22 bits per heavy atom. The molecule has 2 amide bonds. The van der Waals surface area contributed by atoms with Crippen molar-refractivity contribution < 1.29 is 24.5 Å². The first-order chi connectivity index (χ1) is 12.4. The molecule has 152 valence electrons. The van der Waals surface area contributed by atoms with Crippen LogP contribution in [0.4, 0.5) is 10.5 Å². The number of carbonyl (C=O) groups excluding carboxylic acids is 2. The van der Waals surface area contributed by atoms with Gasteiger partial charge in [0, 0.05) is 12.6 Å². The fourth-order valence-corrected chi connectivity index (χ4v) is 3.40. The van der Waals surface area contributed by atoms with Crippen molar-refractivity contribution in [3.05, 3.63) is 18.2 Å². The van der Waals surface area contributed by atoms with Crippen LogP contribution in [0.15, 0.2) is 18.2 Å². The molecule has 1 unspecified atom stereocenters. The Kier molecular flexibility index (Phi) is 9.21. The number of anilines is 1. The zero-order chi connectivity index (χ0) is 19.1. The third kappa shape index (κ3) is 6.20. The average molecular weight is 401 g/mol. The standard InChI is InChI=1S/C19H28N2O5.ClH/c1-13(18(24)26-2)21(15-8-9-16(22)17(23)12-15)19(25)20-11-10-14-6-4-3-5-7-14;/h8-9,12-14,22-23H,3-7,10-11H2,1-2H3,(H,20,25);1H. The molecular weight excluding hydrogens is 372 g/mol. The zero-order valence-electron chi connectivity index (χ0n) is 15.8. The molecule has 1 aliphatic carbocycles. The van der Waals surface area contributed by atoms with Crippen LogP contribution in [-0.2, 0) is 9.53 Å². The van der Waals surface area contributed by atoms with Crippen LogP contribution in [0.5, 0.6) is 11.5 Å². The van der Waals surface area contributed by atoms with E-state index in [-0.39, 0.29) is 23.9 Å². The summed E-state index contributed by atoms with van der Waals surface area (Å²) in [6, 6.07) is 2.67. The van der Waals surface area contributed by atoms with Gasteiger partial charge < -0.3 is 20.3 Å². The molecular formula is C19H29ClN2O5. The summed E-state index contributed by atoms with van der Waals surface area (Å²) < 4.78 is 4.75. The number of methoxy groups -OCH3 is 1. The first-order valence-corrected chi connectivity index (χ1v) is 9.11. The summed E-state index contributed by atoms with van der Waals surface area (Å²) >= 11 is 0. The first kappa shape index (κ1) is 22.9. The Bertz CT molecular complexity index is 635. The summed E-state index contributed by atoms with van der Waals surface area (Å²) in [5, 5.41) is 22.1. The number of aromatic hydroxyl groups is 2. The van der Waals surface area contributed by atoms with Crippen molar-refractivity contribution in [1.82, 2.24) is 5.32 Å². The van der Waals surface area contributed by atoms with Crippen molar-refractivity contribution in [2.24, 2.45) is 5.92 Å². The van der Waals surface area contributed by atoms with Crippen LogP contribution in [0.2, 0.25) is 0 Å². The van der Waals surface area contributed by atoms with E-state index in [9.17, 15) is 19.8 Å². The Morgan fingerprint density at radius 3 is 2.48 bits per heavy atom. The van der Waals surface area contributed by atoms with Crippen molar-refractivity contribution in [1.29, 1.82) is 0 Å². The number of urea groups is 1. The lowest BCUT2D eigenvalue weighted by Gasteiger charge is -2.28. The number of ether oxygens (including phenoxy) is 1. The highest BCUT2D eigenvalue weighted by Crippen LogP contribution is 2.31. The van der Waals surface area contributed by atoms with Crippen LogP contribution in [0.3, 0.4) is 0 Å². The maximum atomic E-state index is 12.7. The summed E-state index contributed by atoms with van der Waals surface area (Å²) in [6.45, 7) is 2.08. The molecule has 1 aromatic carbocycles. The van der Waals surface area contributed by atoms with Gasteiger partial charge in [-0.3, -0.25) is 4.90 Å². The third-order valence-corrected chi connectivity index (χ3v) is 4.94. The lowest BCUT2D eigenvalue weighted by Crippen LogP contribution is -2.49. The van der Waals surface area contributed by atoms with Crippen molar-refractivity contribution in [3.8, 4) is 11.5 Å². The molecule has 27 heavy (non-hydrogen) atoms. The minimum atomic E-state index is -0.876. The molecule has 0 saturated heterocycles. The van der Waals surface area contributed by atoms with Gasteiger partial charge in [-0.05, 0) is 31.4 Å². The number of phenolic OH excluding ortho intramolecular Hbond substituents is 2. The van der Waals surface area contributed by atoms with E-state index in [2.05, 4.69) is 5.32 Å². The van der Waals surface area contributed by atoms with Crippen LogP contribution in [0, 0.1) is 5.92 Å². The zero-order valence-corrected chi connectivity index (χ0v) is 16.6. The molecule has 1 fully saturated rings. The van der Waals surface area contributed by atoms with E-state index >= 15 is 0 Å². The minimum absolute atomic E-state index is 0. The van der Waals surface area contributed by atoms with Crippen LogP contribution in [-0.4, -0.2) is 41.9 Å². The topological polar surface area (TPSA) is 99.1 Å². The van der Waals surface area contributed by atoms with E-state index in [1.807, 2.05) is 0 Å². The number of nitrogens with one attached hydrogen (secondary N) is 1. The van der Waals surface area contributed by atoms with E-state index in [1.165, 1.54) is 62.3 Å². The molecule has 3 N–H and O–H groups in total. The normalized spacial score (nSPS) is 15.3. The second kappa shape index (κ2) is 10.9. The second-order valence-electron chi connectivity index (χ2n) is 6.77. The lowest BCUT2D eigenvalue weighted by molar-refractivity contribution is -0.141. The SMILES string of the molecule is COC(=O)C(C)N(C(=O)NCCC1CCCCC1)c1ccc(O)c(O)c1.Cl. The highest BCUT2D eigenvalue weighted by molar-refractivity contribution is 5.98. The number of esters is 1. The van der Waals surface area contributed by atoms with Gasteiger partial charge in [0.2, 0.25) is 0 Å². The van der Waals surface area contributed by atoms with Gasteiger partial charge in [-0.25, -0.2) is 9.59 Å². The maximum absolute atomic E-state index is 12.7. The molecule has 1 atom stereocenters. The van der Waals surface area contributed by atoms with Gasteiger partial charge in [-0.15, -0.1) is 12.4 Å². The van der Waals surface area contributed by atoms with Gasteiger partial charge in [0.25, 0.3) is 0 Å². The number of nitrogens with zero attached hydrogens (tertiary/aromatic N) is 1. The van der Waals surface area contributed by atoms with Crippen molar-refractivity contribution >= 4 is 30.1 Å². The lowest BCUT2D eigenvalue weighted by atomic mass is 9.87. The van der Waals surface area contributed by atoms with Crippen LogP contribution >= 0.6 is 12.4 Å². The molecule has 2 rings (SSSR count). The average Bonchev–Trinajstić information content (AvgIpc) is 2.65. The van der Waals surface area contributed by atoms with Gasteiger partial charge in [-0.2, -0.15) is 0 Å². The Morgan fingerprint density at radius 2 is 1.89 bits per heavy atom. The summed E-state index contributed by atoms with van der Waals surface area (Å²) in [5.74, 6) is -0.593.